The largest absolute Gasteiger partial charge is 0.483 e. The first-order valence-electron chi connectivity index (χ1n) is 9.86. The van der Waals surface area contributed by atoms with Gasteiger partial charge in [0.15, 0.2) is 6.61 Å². The number of rotatable bonds is 5. The zero-order chi connectivity index (χ0) is 21.0. The van der Waals surface area contributed by atoms with Crippen molar-refractivity contribution in [2.75, 3.05) is 25.0 Å². The first-order valence-corrected chi connectivity index (χ1v) is 10.7. The minimum absolute atomic E-state index is 0.0497. The molecule has 2 aromatic rings. The van der Waals surface area contributed by atoms with Crippen LogP contribution in [0.25, 0.3) is 0 Å². The van der Waals surface area contributed by atoms with Crippen molar-refractivity contribution < 1.29 is 14.3 Å². The molecule has 2 aromatic carbocycles. The van der Waals surface area contributed by atoms with Gasteiger partial charge in [0.2, 0.25) is 0 Å². The minimum Gasteiger partial charge on any atom is -0.483 e. The Morgan fingerprint density at radius 1 is 1.07 bits per heavy atom. The molecular weight excluding hydrogens is 432 g/mol. The van der Waals surface area contributed by atoms with Crippen LogP contribution in [0.3, 0.4) is 0 Å². The maximum atomic E-state index is 12.4. The van der Waals surface area contributed by atoms with Crippen LogP contribution in [0.2, 0.25) is 0 Å². The van der Waals surface area contributed by atoms with Crippen LogP contribution >= 0.6 is 15.9 Å². The van der Waals surface area contributed by atoms with E-state index in [1.54, 1.807) is 24.3 Å². The van der Waals surface area contributed by atoms with Crippen LogP contribution in [0.5, 0.6) is 5.75 Å². The van der Waals surface area contributed by atoms with Crippen LogP contribution in [-0.4, -0.2) is 36.4 Å². The molecule has 0 aliphatic carbocycles. The quantitative estimate of drug-likeness (QED) is 0.685. The summed E-state index contributed by atoms with van der Waals surface area (Å²) in [5.74, 6) is 0.502. The molecule has 6 heteroatoms. The number of carbonyl (C=O) groups excluding carboxylic acids is 2. The predicted octanol–water partition coefficient (Wildman–Crippen LogP) is 5.00. The van der Waals surface area contributed by atoms with Gasteiger partial charge in [0.1, 0.15) is 5.75 Å². The standard InChI is InChI=1S/C23H27BrN2O3/c1-23(2,3)19-14-17(24)8-11-20(19)29-15-21(27)25-18-9-6-16(7-10-18)22(28)26-12-4-5-13-26/h6-11,14H,4-5,12-13,15H2,1-3H3,(H,25,27). The number of anilines is 1. The minimum atomic E-state index is -0.244. The summed E-state index contributed by atoms with van der Waals surface area (Å²) in [6.45, 7) is 7.87. The van der Waals surface area contributed by atoms with Crippen molar-refractivity contribution in [1.82, 2.24) is 4.90 Å². The lowest BCUT2D eigenvalue weighted by molar-refractivity contribution is -0.118. The Labute approximate surface area is 180 Å². The number of halogens is 1. The van der Waals surface area contributed by atoms with Gasteiger partial charge in [0, 0.05) is 34.4 Å². The Morgan fingerprint density at radius 2 is 1.72 bits per heavy atom. The molecule has 1 N–H and O–H groups in total. The van der Waals surface area contributed by atoms with E-state index < -0.39 is 0 Å². The molecule has 154 valence electrons. The Balaban J connectivity index is 1.58. The van der Waals surface area contributed by atoms with Crippen LogP contribution < -0.4 is 10.1 Å². The highest BCUT2D eigenvalue weighted by Crippen LogP contribution is 2.33. The Kier molecular flexibility index (Phi) is 6.63. The summed E-state index contributed by atoms with van der Waals surface area (Å²) >= 11 is 3.49. The van der Waals surface area contributed by atoms with Gasteiger partial charge in [-0.15, -0.1) is 0 Å². The fraction of sp³-hybridized carbons (Fsp3) is 0.391. The van der Waals surface area contributed by atoms with E-state index in [-0.39, 0.29) is 23.8 Å². The van der Waals surface area contributed by atoms with E-state index in [9.17, 15) is 9.59 Å². The average molecular weight is 459 g/mol. The number of hydrogen-bond acceptors (Lipinski definition) is 3. The van der Waals surface area contributed by atoms with E-state index in [4.69, 9.17) is 4.74 Å². The highest BCUT2D eigenvalue weighted by Gasteiger charge is 2.21. The van der Waals surface area contributed by atoms with E-state index in [0.29, 0.717) is 17.0 Å². The Morgan fingerprint density at radius 3 is 2.34 bits per heavy atom. The SMILES string of the molecule is CC(C)(C)c1cc(Br)ccc1OCC(=O)Nc1ccc(C(=O)N2CCCC2)cc1. The summed E-state index contributed by atoms with van der Waals surface area (Å²) in [4.78, 5) is 26.6. The van der Waals surface area contributed by atoms with Crippen molar-refractivity contribution in [1.29, 1.82) is 0 Å². The molecule has 2 amide bonds. The molecule has 0 aromatic heterocycles. The molecule has 1 fully saturated rings. The first kappa shape index (κ1) is 21.4. The molecule has 1 saturated heterocycles. The van der Waals surface area contributed by atoms with E-state index in [1.807, 2.05) is 23.1 Å². The molecule has 0 spiro atoms. The van der Waals surface area contributed by atoms with E-state index in [2.05, 4.69) is 42.0 Å². The highest BCUT2D eigenvalue weighted by atomic mass is 79.9. The van der Waals surface area contributed by atoms with Crippen molar-refractivity contribution in [3.8, 4) is 5.75 Å². The first-order chi connectivity index (χ1) is 13.7. The molecule has 0 bridgehead atoms. The van der Waals surface area contributed by atoms with Crippen molar-refractivity contribution >= 4 is 33.4 Å². The normalized spacial score (nSPS) is 14.0. The van der Waals surface area contributed by atoms with Crippen molar-refractivity contribution in [3.05, 3.63) is 58.1 Å². The fourth-order valence-electron chi connectivity index (χ4n) is 3.35. The Bertz CT molecular complexity index is 882. The van der Waals surface area contributed by atoms with Gasteiger partial charge in [-0.05, 0) is 60.7 Å². The van der Waals surface area contributed by atoms with Crippen LogP contribution in [0.15, 0.2) is 46.9 Å². The zero-order valence-electron chi connectivity index (χ0n) is 17.1. The van der Waals surface area contributed by atoms with Crippen molar-refractivity contribution in [3.63, 3.8) is 0 Å². The molecule has 3 rings (SSSR count). The summed E-state index contributed by atoms with van der Waals surface area (Å²) in [5, 5.41) is 2.82. The summed E-state index contributed by atoms with van der Waals surface area (Å²) in [6, 6.07) is 12.8. The second kappa shape index (κ2) is 8.99. The lowest BCUT2D eigenvalue weighted by Gasteiger charge is -2.23. The number of ether oxygens (including phenoxy) is 1. The molecule has 1 aliphatic rings. The van der Waals surface area contributed by atoms with E-state index >= 15 is 0 Å². The van der Waals surface area contributed by atoms with Gasteiger partial charge in [0.25, 0.3) is 11.8 Å². The summed E-state index contributed by atoms with van der Waals surface area (Å²) in [6.07, 6.45) is 2.13. The van der Waals surface area contributed by atoms with Crippen molar-refractivity contribution in [2.24, 2.45) is 0 Å². The molecule has 5 nitrogen and oxygen atoms in total. The summed E-state index contributed by atoms with van der Waals surface area (Å²) in [5.41, 5.74) is 2.21. The molecular formula is C23H27BrN2O3. The monoisotopic (exact) mass is 458 g/mol. The lowest BCUT2D eigenvalue weighted by atomic mass is 9.86. The van der Waals surface area contributed by atoms with Crippen LogP contribution in [0.4, 0.5) is 5.69 Å². The maximum Gasteiger partial charge on any atom is 0.262 e. The van der Waals surface area contributed by atoms with Gasteiger partial charge < -0.3 is 15.0 Å². The molecule has 0 radical (unpaired) electrons. The topological polar surface area (TPSA) is 58.6 Å². The van der Waals surface area contributed by atoms with Gasteiger partial charge in [-0.3, -0.25) is 9.59 Å². The lowest BCUT2D eigenvalue weighted by Crippen LogP contribution is -2.27. The second-order valence-electron chi connectivity index (χ2n) is 8.30. The third-order valence-corrected chi connectivity index (χ3v) is 5.41. The molecule has 0 saturated carbocycles. The third kappa shape index (κ3) is 5.60. The molecule has 0 atom stereocenters. The smallest absolute Gasteiger partial charge is 0.262 e. The highest BCUT2D eigenvalue weighted by molar-refractivity contribution is 9.10. The van der Waals surface area contributed by atoms with E-state index in [1.165, 1.54) is 0 Å². The number of benzene rings is 2. The third-order valence-electron chi connectivity index (χ3n) is 4.92. The van der Waals surface area contributed by atoms with E-state index in [0.717, 1.165) is 36.0 Å². The number of likely N-dealkylation sites (tertiary alicyclic amines) is 1. The number of nitrogens with one attached hydrogen (secondary N) is 1. The van der Waals surface area contributed by atoms with Crippen LogP contribution in [0, 0.1) is 0 Å². The fourth-order valence-corrected chi connectivity index (χ4v) is 3.71. The predicted molar refractivity (Wildman–Crippen MR) is 119 cm³/mol. The van der Waals surface area contributed by atoms with Crippen molar-refractivity contribution in [2.45, 2.75) is 39.0 Å². The molecule has 0 unspecified atom stereocenters. The number of nitrogens with zero attached hydrogens (tertiary/aromatic N) is 1. The van der Waals surface area contributed by atoms with Gasteiger partial charge >= 0.3 is 0 Å². The maximum absolute atomic E-state index is 12.4. The molecule has 1 heterocycles. The number of carbonyl (C=O) groups is 2. The summed E-state index contributed by atoms with van der Waals surface area (Å²) in [7, 11) is 0. The van der Waals surface area contributed by atoms with Gasteiger partial charge in [0.05, 0.1) is 0 Å². The number of amides is 2. The number of hydrogen-bond donors (Lipinski definition) is 1. The molecule has 29 heavy (non-hydrogen) atoms. The van der Waals surface area contributed by atoms with Crippen LogP contribution in [0.1, 0.15) is 49.5 Å². The molecule has 1 aliphatic heterocycles. The van der Waals surface area contributed by atoms with Gasteiger partial charge in [-0.1, -0.05) is 36.7 Å². The zero-order valence-corrected chi connectivity index (χ0v) is 18.7. The average Bonchev–Trinajstić information content (AvgIpc) is 3.21. The Hall–Kier alpha value is -2.34. The van der Waals surface area contributed by atoms with Gasteiger partial charge in [-0.25, -0.2) is 0 Å². The second-order valence-corrected chi connectivity index (χ2v) is 9.22. The van der Waals surface area contributed by atoms with Gasteiger partial charge in [-0.2, -0.15) is 0 Å². The summed E-state index contributed by atoms with van der Waals surface area (Å²) < 4.78 is 6.76. The van der Waals surface area contributed by atoms with Crippen LogP contribution in [-0.2, 0) is 10.2 Å².